The second kappa shape index (κ2) is 4.53. The molecule has 1 aromatic carbocycles. The summed E-state index contributed by atoms with van der Waals surface area (Å²) in [6.45, 7) is 0. The highest BCUT2D eigenvalue weighted by molar-refractivity contribution is 7.98. The van der Waals surface area contributed by atoms with Gasteiger partial charge >= 0.3 is 5.69 Å². The van der Waals surface area contributed by atoms with Crippen molar-refractivity contribution in [2.75, 3.05) is 6.26 Å². The number of hydrogen-bond acceptors (Lipinski definition) is 4. The Morgan fingerprint density at radius 1 is 1.38 bits per heavy atom. The van der Waals surface area contributed by atoms with Gasteiger partial charge in [-0.25, -0.2) is 9.78 Å². The van der Waals surface area contributed by atoms with Gasteiger partial charge in [0.25, 0.3) is 0 Å². The van der Waals surface area contributed by atoms with E-state index in [1.807, 2.05) is 18.4 Å². The van der Waals surface area contributed by atoms with Crippen molar-refractivity contribution in [3.63, 3.8) is 0 Å². The number of rotatable bonds is 2. The number of aromatic amines is 1. The van der Waals surface area contributed by atoms with Crippen LogP contribution in [0.4, 0.5) is 0 Å². The van der Waals surface area contributed by atoms with Gasteiger partial charge < -0.3 is 0 Å². The highest BCUT2D eigenvalue weighted by Gasteiger charge is 2.04. The van der Waals surface area contributed by atoms with Gasteiger partial charge in [-0.15, -0.1) is 0 Å². The molecule has 0 spiro atoms. The number of aromatic nitrogens is 3. The average molecular weight is 229 g/mol. The lowest BCUT2D eigenvalue weighted by Crippen LogP contribution is -2.14. The highest BCUT2D eigenvalue weighted by Crippen LogP contribution is 2.13. The molecule has 2 aromatic rings. The third-order valence-corrected chi connectivity index (χ3v) is 2.52. The summed E-state index contributed by atoms with van der Waals surface area (Å²) in [5, 5.41) is 0.446. The van der Waals surface area contributed by atoms with Crippen LogP contribution in [0.3, 0.4) is 0 Å². The van der Waals surface area contributed by atoms with E-state index in [0.29, 0.717) is 16.4 Å². The van der Waals surface area contributed by atoms with Crippen molar-refractivity contribution in [1.29, 1.82) is 0 Å². The summed E-state index contributed by atoms with van der Waals surface area (Å²) >= 11 is 1.32. The first-order valence-electron chi connectivity index (χ1n) is 4.57. The lowest BCUT2D eigenvalue weighted by Gasteiger charge is -2.02. The van der Waals surface area contributed by atoms with Crippen molar-refractivity contribution < 1.29 is 0 Å². The molecule has 0 fully saturated rings. The molecule has 0 amide bonds. The van der Waals surface area contributed by atoms with Crippen LogP contribution in [0.2, 0.25) is 0 Å². The summed E-state index contributed by atoms with van der Waals surface area (Å²) < 4.78 is 0. The molecule has 2 rings (SSSR count). The van der Waals surface area contributed by atoms with E-state index in [-0.39, 0.29) is 0 Å². The minimum Gasteiger partial charge on any atom is -0.290 e. The van der Waals surface area contributed by atoms with E-state index in [1.54, 1.807) is 12.1 Å². The van der Waals surface area contributed by atoms with E-state index in [4.69, 9.17) is 7.85 Å². The van der Waals surface area contributed by atoms with Gasteiger partial charge in [0.15, 0.2) is 5.16 Å². The molecule has 0 bridgehead atoms. The smallest absolute Gasteiger partial charge is 0.290 e. The van der Waals surface area contributed by atoms with E-state index in [1.165, 1.54) is 11.8 Å². The van der Waals surface area contributed by atoms with Crippen molar-refractivity contribution in [2.24, 2.45) is 0 Å². The second-order valence-corrected chi connectivity index (χ2v) is 3.89. The summed E-state index contributed by atoms with van der Waals surface area (Å²) in [6.07, 6.45) is 1.82. The van der Waals surface area contributed by atoms with Crippen molar-refractivity contribution in [3.05, 3.63) is 34.7 Å². The van der Waals surface area contributed by atoms with Gasteiger partial charge in [0, 0.05) is 5.56 Å². The van der Waals surface area contributed by atoms with Gasteiger partial charge in [0.2, 0.25) is 0 Å². The molecule has 0 unspecified atom stereocenters. The van der Waals surface area contributed by atoms with Crippen LogP contribution in [0.15, 0.2) is 34.2 Å². The maximum absolute atomic E-state index is 11.3. The number of nitrogens with one attached hydrogen (secondary N) is 1. The molecule has 78 valence electrons. The normalized spacial score (nSPS) is 10.3. The van der Waals surface area contributed by atoms with Crippen molar-refractivity contribution in [1.82, 2.24) is 15.0 Å². The fourth-order valence-electron chi connectivity index (χ4n) is 1.28. The Labute approximate surface area is 97.9 Å². The summed E-state index contributed by atoms with van der Waals surface area (Å²) in [7, 11) is 5.66. The molecule has 1 heterocycles. The minimum atomic E-state index is -0.406. The van der Waals surface area contributed by atoms with Gasteiger partial charge in [0.1, 0.15) is 13.7 Å². The van der Waals surface area contributed by atoms with E-state index in [2.05, 4.69) is 15.0 Å². The van der Waals surface area contributed by atoms with Crippen LogP contribution >= 0.6 is 11.8 Å². The monoisotopic (exact) mass is 229 g/mol. The predicted molar refractivity (Wildman–Crippen MR) is 65.3 cm³/mol. The molecule has 2 radical (unpaired) electrons. The van der Waals surface area contributed by atoms with Crippen LogP contribution < -0.4 is 11.2 Å². The molecular formula is C10H8BN3OS. The van der Waals surface area contributed by atoms with E-state index < -0.39 is 5.69 Å². The Hall–Kier alpha value is -1.56. The van der Waals surface area contributed by atoms with Gasteiger partial charge in [-0.2, -0.15) is 4.98 Å². The predicted octanol–water partition coefficient (Wildman–Crippen LogP) is 0.348. The molecule has 4 nitrogen and oxygen atoms in total. The van der Waals surface area contributed by atoms with Crippen LogP contribution in [0.25, 0.3) is 11.4 Å². The largest absolute Gasteiger partial charge is 0.349 e. The summed E-state index contributed by atoms with van der Waals surface area (Å²) in [4.78, 5) is 21.8. The van der Waals surface area contributed by atoms with Gasteiger partial charge in [-0.1, -0.05) is 41.5 Å². The van der Waals surface area contributed by atoms with Crippen molar-refractivity contribution >= 4 is 25.1 Å². The second-order valence-electron chi connectivity index (χ2n) is 3.11. The van der Waals surface area contributed by atoms with Crippen LogP contribution in [0.5, 0.6) is 0 Å². The zero-order valence-corrected chi connectivity index (χ0v) is 9.41. The van der Waals surface area contributed by atoms with Crippen LogP contribution in [0, 0.1) is 0 Å². The molecule has 0 aliphatic carbocycles. The number of hydrogen-bond donors (Lipinski definition) is 1. The van der Waals surface area contributed by atoms with Crippen molar-refractivity contribution in [3.8, 4) is 11.4 Å². The first-order chi connectivity index (χ1) is 7.69. The minimum absolute atomic E-state index is 0.406. The maximum Gasteiger partial charge on any atom is 0.349 e. The Morgan fingerprint density at radius 3 is 2.88 bits per heavy atom. The van der Waals surface area contributed by atoms with Crippen LogP contribution in [-0.4, -0.2) is 29.1 Å². The number of nitrogens with zero attached hydrogens (tertiary/aromatic N) is 2. The molecule has 0 saturated heterocycles. The van der Waals surface area contributed by atoms with E-state index >= 15 is 0 Å². The van der Waals surface area contributed by atoms with Gasteiger partial charge in [0.05, 0.1) is 0 Å². The molecule has 0 aliphatic heterocycles. The van der Waals surface area contributed by atoms with Gasteiger partial charge in [-0.05, 0) is 6.26 Å². The topological polar surface area (TPSA) is 58.6 Å². The standard InChI is InChI=1S/C10H8BN3OS/c1-16-10-13-8(12-9(15)14-10)6-3-2-4-7(11)5-6/h2-5H,1H3,(H,12,13,14,15). The Balaban J connectivity index is 2.55. The average Bonchev–Trinajstić information content (AvgIpc) is 2.28. The third kappa shape index (κ3) is 2.33. The summed E-state index contributed by atoms with van der Waals surface area (Å²) in [5.74, 6) is 0.483. The Bertz CT molecular complexity index is 570. The zero-order valence-electron chi connectivity index (χ0n) is 8.60. The summed E-state index contributed by atoms with van der Waals surface area (Å²) in [6, 6.07) is 7.17. The quantitative estimate of drug-likeness (QED) is 0.596. The maximum atomic E-state index is 11.3. The summed E-state index contributed by atoms with van der Waals surface area (Å²) in [5.41, 5.74) is 0.995. The molecule has 1 aromatic heterocycles. The van der Waals surface area contributed by atoms with Crippen LogP contribution in [0.1, 0.15) is 0 Å². The van der Waals surface area contributed by atoms with E-state index in [9.17, 15) is 4.79 Å². The Morgan fingerprint density at radius 2 is 2.19 bits per heavy atom. The lowest BCUT2D eigenvalue weighted by atomic mass is 9.94. The molecule has 0 aliphatic rings. The fourth-order valence-corrected chi connectivity index (χ4v) is 1.64. The number of H-pyrrole nitrogens is 1. The highest BCUT2D eigenvalue weighted by atomic mass is 32.2. The zero-order chi connectivity index (χ0) is 11.5. The number of benzene rings is 1. The van der Waals surface area contributed by atoms with Crippen molar-refractivity contribution in [2.45, 2.75) is 5.16 Å². The van der Waals surface area contributed by atoms with Gasteiger partial charge in [-0.3, -0.25) is 4.98 Å². The Kier molecular flexibility index (Phi) is 3.10. The third-order valence-electron chi connectivity index (χ3n) is 1.97. The molecule has 6 heteroatoms. The molecule has 0 saturated carbocycles. The first kappa shape index (κ1) is 10.9. The molecule has 0 atom stereocenters. The molecule has 16 heavy (non-hydrogen) atoms. The SMILES string of the molecule is [B]c1cccc(-c2nc(SC)nc(=O)[nH]2)c1. The number of thioether (sulfide) groups is 1. The lowest BCUT2D eigenvalue weighted by molar-refractivity contribution is 0.872. The molecular weight excluding hydrogens is 221 g/mol. The van der Waals surface area contributed by atoms with Crippen LogP contribution in [-0.2, 0) is 0 Å². The first-order valence-corrected chi connectivity index (χ1v) is 5.80. The van der Waals surface area contributed by atoms with E-state index in [0.717, 1.165) is 5.56 Å². The fraction of sp³-hybridized carbons (Fsp3) is 0.100. The molecule has 1 N–H and O–H groups in total.